The number of nitrogens with zero attached hydrogens (tertiary/aromatic N) is 1. The number of ether oxygens (including phenoxy) is 2. The third-order valence-corrected chi connectivity index (χ3v) is 3.62. The summed E-state index contributed by atoms with van der Waals surface area (Å²) in [6, 6.07) is 6.73. The van der Waals surface area contributed by atoms with Gasteiger partial charge >= 0.3 is 0 Å². The fourth-order valence-electron chi connectivity index (χ4n) is 2.30. The standard InChI is InChI=1S/C15H24N2O2/c1-3-12(2)17(7-6-16)11-13-4-5-14-15(10-13)19-9-8-18-14/h4-5,10,12H,3,6-9,11,16H2,1-2H3. The van der Waals surface area contributed by atoms with Gasteiger partial charge in [0.25, 0.3) is 0 Å². The van der Waals surface area contributed by atoms with Crippen LogP contribution in [0.4, 0.5) is 0 Å². The lowest BCUT2D eigenvalue weighted by Gasteiger charge is -2.28. The molecule has 4 heteroatoms. The van der Waals surface area contributed by atoms with Crippen LogP contribution in [0.25, 0.3) is 0 Å². The zero-order valence-electron chi connectivity index (χ0n) is 11.9. The fraction of sp³-hybridized carbons (Fsp3) is 0.600. The third-order valence-electron chi connectivity index (χ3n) is 3.62. The molecule has 1 atom stereocenters. The molecule has 19 heavy (non-hydrogen) atoms. The highest BCUT2D eigenvalue weighted by Crippen LogP contribution is 2.31. The Bertz CT molecular complexity index is 409. The topological polar surface area (TPSA) is 47.7 Å². The van der Waals surface area contributed by atoms with Crippen LogP contribution >= 0.6 is 0 Å². The lowest BCUT2D eigenvalue weighted by molar-refractivity contribution is 0.170. The minimum absolute atomic E-state index is 0.539. The van der Waals surface area contributed by atoms with Crippen LogP contribution in [0.15, 0.2) is 18.2 Å². The van der Waals surface area contributed by atoms with Crippen molar-refractivity contribution in [1.82, 2.24) is 4.90 Å². The number of hydrogen-bond acceptors (Lipinski definition) is 4. The Kier molecular flexibility index (Phi) is 5.05. The minimum Gasteiger partial charge on any atom is -0.486 e. The summed E-state index contributed by atoms with van der Waals surface area (Å²) in [5.74, 6) is 1.71. The van der Waals surface area contributed by atoms with Gasteiger partial charge in [0.2, 0.25) is 0 Å². The van der Waals surface area contributed by atoms with Crippen molar-refractivity contribution in [3.63, 3.8) is 0 Å². The highest BCUT2D eigenvalue weighted by Gasteiger charge is 2.15. The Hall–Kier alpha value is -1.26. The van der Waals surface area contributed by atoms with E-state index in [4.69, 9.17) is 15.2 Å². The van der Waals surface area contributed by atoms with Crippen LogP contribution in [-0.2, 0) is 6.54 Å². The summed E-state index contributed by atoms with van der Waals surface area (Å²) in [5.41, 5.74) is 6.95. The molecule has 1 aliphatic rings. The normalized spacial score (nSPS) is 15.6. The van der Waals surface area contributed by atoms with Gasteiger partial charge in [-0.25, -0.2) is 0 Å². The van der Waals surface area contributed by atoms with E-state index in [2.05, 4.69) is 30.9 Å². The van der Waals surface area contributed by atoms with E-state index in [-0.39, 0.29) is 0 Å². The Morgan fingerprint density at radius 1 is 1.26 bits per heavy atom. The van der Waals surface area contributed by atoms with Gasteiger partial charge in [-0.05, 0) is 31.0 Å². The summed E-state index contributed by atoms with van der Waals surface area (Å²) in [5, 5.41) is 0. The first-order valence-electron chi connectivity index (χ1n) is 7.07. The van der Waals surface area contributed by atoms with Crippen molar-refractivity contribution < 1.29 is 9.47 Å². The smallest absolute Gasteiger partial charge is 0.161 e. The average molecular weight is 264 g/mol. The molecule has 0 amide bonds. The molecular formula is C15H24N2O2. The number of hydrogen-bond donors (Lipinski definition) is 1. The van der Waals surface area contributed by atoms with Gasteiger partial charge < -0.3 is 15.2 Å². The van der Waals surface area contributed by atoms with Gasteiger partial charge in [-0.1, -0.05) is 13.0 Å². The van der Waals surface area contributed by atoms with Gasteiger partial charge in [-0.3, -0.25) is 4.90 Å². The van der Waals surface area contributed by atoms with Crippen molar-refractivity contribution in [3.05, 3.63) is 23.8 Å². The molecule has 0 saturated heterocycles. The summed E-state index contributed by atoms with van der Waals surface area (Å²) in [6.07, 6.45) is 1.13. The Balaban J connectivity index is 2.08. The lowest BCUT2D eigenvalue weighted by atomic mass is 10.1. The van der Waals surface area contributed by atoms with E-state index in [1.165, 1.54) is 5.56 Å². The van der Waals surface area contributed by atoms with E-state index in [0.717, 1.165) is 31.0 Å². The molecule has 2 N–H and O–H groups in total. The molecule has 1 heterocycles. The van der Waals surface area contributed by atoms with Crippen molar-refractivity contribution in [2.75, 3.05) is 26.3 Å². The van der Waals surface area contributed by atoms with Gasteiger partial charge in [-0.2, -0.15) is 0 Å². The first-order chi connectivity index (χ1) is 9.24. The molecular weight excluding hydrogens is 240 g/mol. The fourth-order valence-corrected chi connectivity index (χ4v) is 2.30. The monoisotopic (exact) mass is 264 g/mol. The van der Waals surface area contributed by atoms with Crippen molar-refractivity contribution in [2.45, 2.75) is 32.9 Å². The summed E-state index contributed by atoms with van der Waals surface area (Å²) in [4.78, 5) is 2.41. The van der Waals surface area contributed by atoms with E-state index in [1.54, 1.807) is 0 Å². The van der Waals surface area contributed by atoms with Crippen molar-refractivity contribution in [3.8, 4) is 11.5 Å². The number of rotatable bonds is 6. The van der Waals surface area contributed by atoms with Crippen LogP contribution in [0.5, 0.6) is 11.5 Å². The molecule has 2 rings (SSSR count). The second-order valence-electron chi connectivity index (χ2n) is 4.99. The van der Waals surface area contributed by atoms with E-state index < -0.39 is 0 Å². The summed E-state index contributed by atoms with van der Waals surface area (Å²) in [6.45, 7) is 8.24. The maximum Gasteiger partial charge on any atom is 0.161 e. The van der Waals surface area contributed by atoms with Crippen LogP contribution in [-0.4, -0.2) is 37.2 Å². The van der Waals surface area contributed by atoms with Gasteiger partial charge in [0.15, 0.2) is 11.5 Å². The van der Waals surface area contributed by atoms with Gasteiger partial charge in [0.05, 0.1) is 0 Å². The van der Waals surface area contributed by atoms with Crippen LogP contribution < -0.4 is 15.2 Å². The summed E-state index contributed by atoms with van der Waals surface area (Å²) >= 11 is 0. The quantitative estimate of drug-likeness (QED) is 0.854. The summed E-state index contributed by atoms with van der Waals surface area (Å²) in [7, 11) is 0. The first-order valence-corrected chi connectivity index (χ1v) is 7.07. The summed E-state index contributed by atoms with van der Waals surface area (Å²) < 4.78 is 11.2. The van der Waals surface area contributed by atoms with Crippen LogP contribution in [0.1, 0.15) is 25.8 Å². The number of nitrogens with two attached hydrogens (primary N) is 1. The molecule has 106 valence electrons. The molecule has 1 unspecified atom stereocenters. The molecule has 0 spiro atoms. The lowest BCUT2D eigenvalue weighted by Crippen LogP contribution is -2.36. The molecule has 0 aromatic heterocycles. The van der Waals surface area contributed by atoms with Crippen molar-refractivity contribution >= 4 is 0 Å². The van der Waals surface area contributed by atoms with Gasteiger partial charge in [0.1, 0.15) is 13.2 Å². The number of benzene rings is 1. The largest absolute Gasteiger partial charge is 0.486 e. The highest BCUT2D eigenvalue weighted by molar-refractivity contribution is 5.43. The maximum absolute atomic E-state index is 5.70. The number of fused-ring (bicyclic) bond motifs is 1. The molecule has 1 aromatic carbocycles. The van der Waals surface area contributed by atoms with Gasteiger partial charge in [0, 0.05) is 25.7 Å². The minimum atomic E-state index is 0.539. The van der Waals surface area contributed by atoms with Crippen LogP contribution in [0.2, 0.25) is 0 Å². The van der Waals surface area contributed by atoms with Crippen LogP contribution in [0, 0.1) is 0 Å². The second-order valence-corrected chi connectivity index (χ2v) is 4.99. The zero-order chi connectivity index (χ0) is 13.7. The molecule has 1 aliphatic heterocycles. The molecule has 0 radical (unpaired) electrons. The average Bonchev–Trinajstić information content (AvgIpc) is 2.46. The highest BCUT2D eigenvalue weighted by atomic mass is 16.6. The van der Waals surface area contributed by atoms with E-state index >= 15 is 0 Å². The maximum atomic E-state index is 5.70. The second kappa shape index (κ2) is 6.78. The Morgan fingerprint density at radius 2 is 2.00 bits per heavy atom. The molecule has 0 fully saturated rings. The van der Waals surface area contributed by atoms with Crippen molar-refractivity contribution in [2.24, 2.45) is 5.73 Å². The zero-order valence-corrected chi connectivity index (χ0v) is 11.9. The predicted molar refractivity (Wildman–Crippen MR) is 76.6 cm³/mol. The van der Waals surface area contributed by atoms with Crippen molar-refractivity contribution in [1.29, 1.82) is 0 Å². The molecule has 0 saturated carbocycles. The van der Waals surface area contributed by atoms with Crippen LogP contribution in [0.3, 0.4) is 0 Å². The van der Waals surface area contributed by atoms with Gasteiger partial charge in [-0.15, -0.1) is 0 Å². The molecule has 4 nitrogen and oxygen atoms in total. The SMILES string of the molecule is CCC(C)N(CCN)Cc1ccc2c(c1)OCCO2. The predicted octanol–water partition coefficient (Wildman–Crippen LogP) is 2.02. The van der Waals surface area contributed by atoms with E-state index in [9.17, 15) is 0 Å². The Morgan fingerprint density at radius 3 is 2.68 bits per heavy atom. The molecule has 0 aliphatic carbocycles. The third kappa shape index (κ3) is 3.61. The first kappa shape index (κ1) is 14.2. The van der Waals surface area contributed by atoms with E-state index in [1.807, 2.05) is 6.07 Å². The van der Waals surface area contributed by atoms with E-state index in [0.29, 0.717) is 25.8 Å². The molecule has 1 aromatic rings. The molecule has 0 bridgehead atoms. The Labute approximate surface area is 115 Å².